The summed E-state index contributed by atoms with van der Waals surface area (Å²) >= 11 is 5.63. The smallest absolute Gasteiger partial charge is 0.257 e. The first-order chi connectivity index (χ1) is 5.40. The predicted octanol–water partition coefficient (Wildman–Crippen LogP) is 1.01. The van der Waals surface area contributed by atoms with E-state index < -0.39 is 10.0 Å². The van der Waals surface area contributed by atoms with Crippen LogP contribution in [0.2, 0.25) is 5.02 Å². The standard InChI is InChI=1S/C5H7ClN2O3S/c1-3-4(6)5(11-7-3)8-12(2,9)10/h8H,1-2H3. The molecule has 5 nitrogen and oxygen atoms in total. The maximum absolute atomic E-state index is 10.7. The van der Waals surface area contributed by atoms with E-state index in [0.29, 0.717) is 5.69 Å². The lowest BCUT2D eigenvalue weighted by atomic mass is 10.5. The van der Waals surface area contributed by atoms with Crippen LogP contribution in [0.1, 0.15) is 5.69 Å². The van der Waals surface area contributed by atoms with E-state index in [4.69, 9.17) is 11.6 Å². The van der Waals surface area contributed by atoms with E-state index in [1.165, 1.54) is 0 Å². The van der Waals surface area contributed by atoms with Crippen LogP contribution < -0.4 is 4.72 Å². The van der Waals surface area contributed by atoms with Crippen molar-refractivity contribution >= 4 is 27.5 Å². The summed E-state index contributed by atoms with van der Waals surface area (Å²) in [4.78, 5) is 0. The second-order valence-corrected chi connectivity index (χ2v) is 4.41. The van der Waals surface area contributed by atoms with Gasteiger partial charge in [-0.15, -0.1) is 0 Å². The number of anilines is 1. The molecule has 7 heteroatoms. The second kappa shape index (κ2) is 2.95. The lowest BCUT2D eigenvalue weighted by Gasteiger charge is -1.96. The maximum atomic E-state index is 10.7. The molecular formula is C5H7ClN2O3S. The largest absolute Gasteiger partial charge is 0.336 e. The molecule has 68 valence electrons. The van der Waals surface area contributed by atoms with Gasteiger partial charge in [0.25, 0.3) is 5.88 Å². The Morgan fingerprint density at radius 2 is 2.17 bits per heavy atom. The van der Waals surface area contributed by atoms with Crippen molar-refractivity contribution in [3.8, 4) is 0 Å². The molecule has 0 aromatic carbocycles. The third kappa shape index (κ3) is 2.12. The molecular weight excluding hydrogens is 204 g/mol. The lowest BCUT2D eigenvalue weighted by Crippen LogP contribution is -2.08. The predicted molar refractivity (Wildman–Crippen MR) is 44.7 cm³/mol. The molecule has 0 fully saturated rings. The molecule has 12 heavy (non-hydrogen) atoms. The van der Waals surface area contributed by atoms with Gasteiger partial charge in [-0.05, 0) is 6.92 Å². The molecule has 1 heterocycles. The quantitative estimate of drug-likeness (QED) is 0.791. The number of nitrogens with zero attached hydrogens (tertiary/aromatic N) is 1. The molecule has 0 aliphatic heterocycles. The lowest BCUT2D eigenvalue weighted by molar-refractivity contribution is 0.430. The van der Waals surface area contributed by atoms with Crippen molar-refractivity contribution in [1.82, 2.24) is 5.16 Å². The first-order valence-electron chi connectivity index (χ1n) is 2.99. The van der Waals surface area contributed by atoms with Gasteiger partial charge in [0, 0.05) is 0 Å². The summed E-state index contributed by atoms with van der Waals surface area (Å²) in [5.74, 6) is -0.0448. The van der Waals surface area contributed by atoms with Crippen LogP contribution in [0.5, 0.6) is 0 Å². The van der Waals surface area contributed by atoms with Gasteiger partial charge in [0.15, 0.2) is 0 Å². The first-order valence-corrected chi connectivity index (χ1v) is 5.26. The average molecular weight is 211 g/mol. The second-order valence-electron chi connectivity index (χ2n) is 2.29. The minimum Gasteiger partial charge on any atom is -0.336 e. The Hall–Kier alpha value is -0.750. The number of halogens is 1. The molecule has 0 atom stereocenters. The molecule has 1 aromatic heterocycles. The highest BCUT2D eigenvalue weighted by atomic mass is 35.5. The van der Waals surface area contributed by atoms with Crippen LogP contribution >= 0.6 is 11.6 Å². The van der Waals surface area contributed by atoms with Crippen molar-refractivity contribution in [2.24, 2.45) is 0 Å². The molecule has 0 bridgehead atoms. The molecule has 0 aliphatic rings. The van der Waals surface area contributed by atoms with E-state index in [1.54, 1.807) is 6.92 Å². The molecule has 0 spiro atoms. The number of hydrogen-bond acceptors (Lipinski definition) is 4. The summed E-state index contributed by atoms with van der Waals surface area (Å²) in [6.07, 6.45) is 1.00. The Balaban J connectivity index is 2.99. The van der Waals surface area contributed by atoms with E-state index in [0.717, 1.165) is 6.26 Å². The van der Waals surface area contributed by atoms with Crippen LogP contribution in [-0.2, 0) is 10.0 Å². The summed E-state index contributed by atoms with van der Waals surface area (Å²) < 4.78 is 28.1. The third-order valence-electron chi connectivity index (χ3n) is 1.07. The molecule has 0 aliphatic carbocycles. The summed E-state index contributed by atoms with van der Waals surface area (Å²) in [6.45, 7) is 1.61. The fraction of sp³-hybridized carbons (Fsp3) is 0.400. The molecule has 0 unspecified atom stereocenters. The number of aryl methyl sites for hydroxylation is 1. The molecule has 0 amide bonds. The Bertz CT molecular complexity index is 383. The number of nitrogens with one attached hydrogen (secondary N) is 1. The van der Waals surface area contributed by atoms with E-state index in [-0.39, 0.29) is 10.9 Å². The molecule has 1 rings (SSSR count). The van der Waals surface area contributed by atoms with Gasteiger partial charge in [-0.1, -0.05) is 16.8 Å². The van der Waals surface area contributed by atoms with Crippen molar-refractivity contribution in [3.63, 3.8) is 0 Å². The molecule has 0 saturated heterocycles. The van der Waals surface area contributed by atoms with Crippen LogP contribution in [-0.4, -0.2) is 19.8 Å². The fourth-order valence-corrected chi connectivity index (χ4v) is 1.24. The van der Waals surface area contributed by atoms with Crippen molar-refractivity contribution in [2.45, 2.75) is 6.92 Å². The van der Waals surface area contributed by atoms with Gasteiger partial charge in [0.2, 0.25) is 10.0 Å². The molecule has 1 N–H and O–H groups in total. The highest BCUT2D eigenvalue weighted by Gasteiger charge is 2.13. The Morgan fingerprint density at radius 3 is 2.50 bits per heavy atom. The minimum absolute atomic E-state index is 0.0448. The third-order valence-corrected chi connectivity index (χ3v) is 2.07. The zero-order valence-corrected chi connectivity index (χ0v) is 8.03. The number of aromatic nitrogens is 1. The van der Waals surface area contributed by atoms with Crippen LogP contribution in [0.25, 0.3) is 0 Å². The SMILES string of the molecule is Cc1noc(NS(C)(=O)=O)c1Cl. The molecule has 1 aromatic rings. The van der Waals surface area contributed by atoms with Gasteiger partial charge < -0.3 is 4.52 Å². The minimum atomic E-state index is -3.35. The van der Waals surface area contributed by atoms with E-state index >= 15 is 0 Å². The Labute approximate surface area is 74.7 Å². The molecule has 0 radical (unpaired) electrons. The van der Waals surface area contributed by atoms with Crippen molar-refractivity contribution in [2.75, 3.05) is 11.0 Å². The van der Waals surface area contributed by atoms with Gasteiger partial charge >= 0.3 is 0 Å². The fourth-order valence-electron chi connectivity index (χ4n) is 0.590. The average Bonchev–Trinajstić information content (AvgIpc) is 2.16. The van der Waals surface area contributed by atoms with Crippen molar-refractivity contribution in [1.29, 1.82) is 0 Å². The van der Waals surface area contributed by atoms with Crippen LogP contribution in [0, 0.1) is 6.92 Å². The summed E-state index contributed by atoms with van der Waals surface area (Å²) in [6, 6.07) is 0. The Morgan fingerprint density at radius 1 is 1.58 bits per heavy atom. The van der Waals surface area contributed by atoms with Crippen LogP contribution in [0.4, 0.5) is 5.88 Å². The van der Waals surface area contributed by atoms with E-state index in [9.17, 15) is 8.42 Å². The number of hydrogen-bond donors (Lipinski definition) is 1. The molecule has 0 saturated carbocycles. The van der Waals surface area contributed by atoms with Gasteiger partial charge in [-0.25, -0.2) is 13.1 Å². The highest BCUT2D eigenvalue weighted by Crippen LogP contribution is 2.25. The number of rotatable bonds is 2. The van der Waals surface area contributed by atoms with Crippen molar-refractivity contribution in [3.05, 3.63) is 10.7 Å². The maximum Gasteiger partial charge on any atom is 0.257 e. The van der Waals surface area contributed by atoms with Crippen LogP contribution in [0.3, 0.4) is 0 Å². The van der Waals surface area contributed by atoms with E-state index in [2.05, 4.69) is 14.4 Å². The monoisotopic (exact) mass is 210 g/mol. The van der Waals surface area contributed by atoms with Gasteiger partial charge in [0.05, 0.1) is 6.26 Å². The summed E-state index contributed by atoms with van der Waals surface area (Å²) in [7, 11) is -3.35. The van der Waals surface area contributed by atoms with Gasteiger partial charge in [-0.2, -0.15) is 0 Å². The summed E-state index contributed by atoms with van der Waals surface area (Å²) in [5.41, 5.74) is 0.447. The zero-order chi connectivity index (χ0) is 9.35. The van der Waals surface area contributed by atoms with Crippen LogP contribution in [0.15, 0.2) is 4.52 Å². The topological polar surface area (TPSA) is 72.2 Å². The summed E-state index contributed by atoms with van der Waals surface area (Å²) in [5, 5.41) is 3.65. The van der Waals surface area contributed by atoms with E-state index in [1.807, 2.05) is 0 Å². The van der Waals surface area contributed by atoms with Gasteiger partial charge in [-0.3, -0.25) is 0 Å². The zero-order valence-electron chi connectivity index (χ0n) is 6.46. The van der Waals surface area contributed by atoms with Crippen molar-refractivity contribution < 1.29 is 12.9 Å². The highest BCUT2D eigenvalue weighted by molar-refractivity contribution is 7.92. The Kier molecular flexibility index (Phi) is 2.29. The first kappa shape index (κ1) is 9.34. The van der Waals surface area contributed by atoms with Gasteiger partial charge in [0.1, 0.15) is 10.7 Å². The number of sulfonamides is 1. The normalized spacial score (nSPS) is 11.6.